The molecule has 0 aromatic rings. The zero-order chi connectivity index (χ0) is 55.0. The topological polar surface area (TPSA) is 423 Å². The van der Waals surface area contributed by atoms with Crippen molar-refractivity contribution in [1.29, 1.82) is 0 Å². The van der Waals surface area contributed by atoms with E-state index in [-0.39, 0.29) is 95.7 Å². The summed E-state index contributed by atoms with van der Waals surface area (Å²) in [7, 11) is 1.13. The normalized spacial score (nSPS) is 20.8. The van der Waals surface area contributed by atoms with Gasteiger partial charge in [0.1, 0.15) is 43.7 Å². The van der Waals surface area contributed by atoms with Crippen molar-refractivity contribution in [2.24, 2.45) is 44.8 Å². The summed E-state index contributed by atoms with van der Waals surface area (Å²) in [5.74, 6) is -3.67. The first-order valence-electron chi connectivity index (χ1n) is 24.0. The van der Waals surface area contributed by atoms with Gasteiger partial charge in [0.15, 0.2) is 18.0 Å². The van der Waals surface area contributed by atoms with Crippen molar-refractivity contribution >= 4 is 41.8 Å². The number of carboxylic acids is 1. The Kier molecular flexibility index (Phi) is 31.2. The Hall–Kier alpha value is -6.03. The Labute approximate surface area is 429 Å². The van der Waals surface area contributed by atoms with Crippen LogP contribution in [0.3, 0.4) is 0 Å². The van der Waals surface area contributed by atoms with Gasteiger partial charge in [-0.15, -0.1) is 6.42 Å². The minimum atomic E-state index is -1.71. The van der Waals surface area contributed by atoms with Gasteiger partial charge in [-0.25, -0.2) is 24.4 Å². The third-order valence-electron chi connectivity index (χ3n) is 11.2. The number of rotatable bonds is 37. The number of esters is 2. The van der Waals surface area contributed by atoms with Crippen molar-refractivity contribution < 1.29 is 96.9 Å². The van der Waals surface area contributed by atoms with E-state index in [0.717, 1.165) is 7.11 Å². The van der Waals surface area contributed by atoms with Gasteiger partial charge in [-0.1, -0.05) is 26.2 Å². The predicted octanol–water partition coefficient (Wildman–Crippen LogP) is -3.43. The van der Waals surface area contributed by atoms with Gasteiger partial charge in [0, 0.05) is 37.9 Å². The molecule has 0 aromatic carbocycles. The molecule has 28 heteroatoms. The van der Waals surface area contributed by atoms with Crippen molar-refractivity contribution in [3.8, 4) is 12.3 Å². The number of guanidine groups is 2. The third kappa shape index (κ3) is 24.3. The lowest BCUT2D eigenvalue weighted by Crippen LogP contribution is -2.51. The molecule has 0 aliphatic carbocycles. The molecule has 2 aliphatic rings. The number of aliphatic hydroxyl groups excluding tert-OH is 4. The van der Waals surface area contributed by atoms with Gasteiger partial charge < -0.3 is 106 Å². The van der Waals surface area contributed by atoms with Crippen molar-refractivity contribution in [2.75, 3.05) is 106 Å². The average Bonchev–Trinajstić information content (AvgIpc) is 3.36. The van der Waals surface area contributed by atoms with Crippen LogP contribution in [0.4, 0.5) is 4.79 Å². The van der Waals surface area contributed by atoms with Gasteiger partial charge in [-0.2, -0.15) is 0 Å². The highest BCUT2D eigenvalue weighted by atomic mass is 16.6. The molecule has 420 valence electrons. The maximum atomic E-state index is 13.4. The van der Waals surface area contributed by atoms with Crippen LogP contribution >= 0.6 is 0 Å². The number of amides is 2. The molecule has 0 bridgehead atoms. The van der Waals surface area contributed by atoms with E-state index in [0.29, 0.717) is 45.7 Å². The number of carboxylic acid groups (broad SMARTS) is 1. The maximum Gasteiger partial charge on any atom is 0.407 e. The fraction of sp³-hybridized carbons (Fsp3) is 0.717. The van der Waals surface area contributed by atoms with Crippen LogP contribution in [0.2, 0.25) is 0 Å². The molecule has 2 amide bonds. The number of aliphatic imine (C=N–C) groups is 2. The number of ether oxygens (including phenoxy) is 10. The number of hydrogen-bond donors (Lipinski definition) is 10. The first kappa shape index (κ1) is 64.1. The maximum absolute atomic E-state index is 13.4. The number of hydrogen-bond acceptors (Lipinski definition) is 21. The number of terminal acetylenes is 1. The SMILES string of the molecule is C#CCOCCOCCOCCOCCC(=O)N(CCCCCC(=O)O[C@@H]([C@@H]1OC(C(=O)OC)=C[C@H](N=C(N)N)[C@H]1C)[C@H](O)CO)CCOCCNC(=O)OC[C@@H](O)[C@@H](O)[C@@H]1OC(C(=O)O)=C[C@H](N=C(N)N)[C@H]1C. The van der Waals surface area contributed by atoms with Gasteiger partial charge in [0.2, 0.25) is 17.4 Å². The van der Waals surface area contributed by atoms with Gasteiger partial charge in [0.25, 0.3) is 0 Å². The zero-order valence-corrected chi connectivity index (χ0v) is 42.2. The van der Waals surface area contributed by atoms with Crippen LogP contribution in [0.25, 0.3) is 0 Å². The first-order chi connectivity index (χ1) is 35.3. The van der Waals surface area contributed by atoms with Crippen molar-refractivity contribution in [2.45, 2.75) is 94.7 Å². The molecule has 0 spiro atoms. The number of alkyl carbamates (subject to hydrolysis) is 1. The van der Waals surface area contributed by atoms with E-state index in [4.69, 9.17) is 76.7 Å². The molecular weight excluding hydrogens is 985 g/mol. The van der Waals surface area contributed by atoms with Crippen LogP contribution in [-0.2, 0) is 66.5 Å². The highest BCUT2D eigenvalue weighted by Gasteiger charge is 2.44. The smallest absolute Gasteiger partial charge is 0.407 e. The summed E-state index contributed by atoms with van der Waals surface area (Å²) < 4.78 is 53.8. The quantitative estimate of drug-likeness (QED) is 0.00723. The summed E-state index contributed by atoms with van der Waals surface area (Å²) in [5.41, 5.74) is 22.1. The molecule has 28 nitrogen and oxygen atoms in total. The summed E-state index contributed by atoms with van der Waals surface area (Å²) in [4.78, 5) is 72.5. The summed E-state index contributed by atoms with van der Waals surface area (Å²) in [6.45, 7) is 4.43. The van der Waals surface area contributed by atoms with E-state index in [1.807, 2.05) is 0 Å². The third-order valence-corrected chi connectivity index (χ3v) is 11.2. The number of carbonyl (C=O) groups excluding carboxylic acids is 4. The van der Waals surface area contributed by atoms with Crippen LogP contribution in [0.5, 0.6) is 0 Å². The number of nitrogens with zero attached hydrogens (tertiary/aromatic N) is 3. The minimum Gasteiger partial charge on any atom is -0.480 e. The van der Waals surface area contributed by atoms with Crippen LogP contribution in [-0.4, -0.2) is 227 Å². The number of methoxy groups -OCH3 is 1. The van der Waals surface area contributed by atoms with Crippen LogP contribution in [0.15, 0.2) is 33.7 Å². The van der Waals surface area contributed by atoms with Crippen molar-refractivity contribution in [3.05, 3.63) is 23.7 Å². The Morgan fingerprint density at radius 3 is 1.91 bits per heavy atom. The van der Waals surface area contributed by atoms with Crippen molar-refractivity contribution in [1.82, 2.24) is 10.2 Å². The molecule has 0 fully saturated rings. The largest absolute Gasteiger partial charge is 0.480 e. The average molecular weight is 1060 g/mol. The molecule has 2 heterocycles. The number of nitrogens with two attached hydrogens (primary N) is 4. The molecule has 0 unspecified atom stereocenters. The van der Waals surface area contributed by atoms with Crippen molar-refractivity contribution in [3.63, 3.8) is 0 Å². The molecule has 0 aromatic heterocycles. The van der Waals surface area contributed by atoms with E-state index in [2.05, 4.69) is 21.2 Å². The molecule has 14 N–H and O–H groups in total. The molecule has 0 saturated carbocycles. The summed E-state index contributed by atoms with van der Waals surface area (Å²) in [6.07, 6.45) is -1.02. The lowest BCUT2D eigenvalue weighted by atomic mass is 9.87. The van der Waals surface area contributed by atoms with E-state index in [9.17, 15) is 49.5 Å². The van der Waals surface area contributed by atoms with E-state index in [1.54, 1.807) is 18.7 Å². The molecular formula is C46H76N8O20. The van der Waals surface area contributed by atoms with E-state index in [1.165, 1.54) is 12.2 Å². The molecule has 2 aliphatic heterocycles. The lowest BCUT2D eigenvalue weighted by Gasteiger charge is -2.38. The second kappa shape index (κ2) is 36.0. The van der Waals surface area contributed by atoms with Crippen LogP contribution < -0.4 is 28.3 Å². The lowest BCUT2D eigenvalue weighted by molar-refractivity contribution is -0.176. The Balaban J connectivity index is 1.90. The standard InChI is InChI=1S/C46H76N8O20/c1-5-14-66-18-20-69-22-23-70-21-19-67-15-10-36(58)54(12-8-6-7-9-37(59)74-41(32(56)26-55)40-29(3)31(53-45(49)50)25-35(73-40)43(63)65-4)13-17-68-16-11-51-46(64)71-27-33(57)38(60)39-28(2)30(52-44(47)48)24-34(72-39)42(61)62/h1,24-25,28-33,38-41,55-57,60H,6-23,26-27H2,2-4H3,(H,51,64)(H,61,62)(H4,47,48,52)(H4,49,50,53)/t28-,29-,30+,31+,32-,33-,38-,39-,40-,41-/m1/s1. The fourth-order valence-electron chi connectivity index (χ4n) is 7.26. The van der Waals surface area contributed by atoms with Gasteiger partial charge in [-0.05, 0) is 25.0 Å². The van der Waals surface area contributed by atoms with Gasteiger partial charge in [-0.3, -0.25) is 9.59 Å². The zero-order valence-electron chi connectivity index (χ0n) is 42.2. The predicted molar refractivity (Wildman–Crippen MR) is 260 cm³/mol. The highest BCUT2D eigenvalue weighted by Crippen LogP contribution is 2.32. The molecule has 2 rings (SSSR count). The minimum absolute atomic E-state index is 0.00605. The Morgan fingerprint density at radius 1 is 0.757 bits per heavy atom. The summed E-state index contributed by atoms with van der Waals surface area (Å²) in [6, 6.07) is -1.71. The molecule has 0 saturated heterocycles. The van der Waals surface area contributed by atoms with Crippen LogP contribution in [0, 0.1) is 24.2 Å². The second-order valence-electron chi connectivity index (χ2n) is 16.8. The number of aliphatic carboxylic acids is 1. The second-order valence-corrected chi connectivity index (χ2v) is 16.8. The van der Waals surface area contributed by atoms with Gasteiger partial charge in [0.05, 0.1) is 91.7 Å². The van der Waals surface area contributed by atoms with E-state index >= 15 is 0 Å². The monoisotopic (exact) mass is 1060 g/mol. The fourth-order valence-corrected chi connectivity index (χ4v) is 7.26. The molecule has 10 atom stereocenters. The molecule has 0 radical (unpaired) electrons. The Bertz CT molecular complexity index is 1890. The number of carbonyl (C=O) groups is 5. The highest BCUT2D eigenvalue weighted by molar-refractivity contribution is 5.87. The number of aliphatic hydroxyl groups is 4. The number of nitrogens with one attached hydrogen (secondary N) is 1. The first-order valence-corrected chi connectivity index (χ1v) is 24.0. The van der Waals surface area contributed by atoms with Crippen LogP contribution in [0.1, 0.15) is 46.0 Å². The summed E-state index contributed by atoms with van der Waals surface area (Å²) >= 11 is 0. The Morgan fingerprint density at radius 2 is 1.32 bits per heavy atom. The number of unbranched alkanes of at least 4 members (excludes halogenated alkanes) is 2. The van der Waals surface area contributed by atoms with E-state index < -0.39 is 104 Å². The summed E-state index contributed by atoms with van der Waals surface area (Å²) in [5, 5.41) is 53.8. The van der Waals surface area contributed by atoms with Gasteiger partial charge >= 0.3 is 24.0 Å². The molecule has 74 heavy (non-hydrogen) atoms.